The number of benzene rings is 1. The SMILES string of the molecule is CC(C)(C)[C@H]1CCc2nc3sc(C(=O)N[C@H](CCN4CCC(C(F)F)CC4)c4ccc(-c5ccc(=O)[nH]c5)cc4)cc3cc2C1.O=CO. The molecule has 4 aromatic rings. The number of halogens is 2. The Hall–Kier alpha value is -3.96. The summed E-state index contributed by atoms with van der Waals surface area (Å²) in [4.78, 5) is 45.1. The Morgan fingerprint density at radius 1 is 1.10 bits per heavy atom. The second-order valence-corrected chi connectivity index (χ2v) is 14.9. The van der Waals surface area contributed by atoms with Crippen molar-refractivity contribution in [2.24, 2.45) is 17.3 Å². The summed E-state index contributed by atoms with van der Waals surface area (Å²) in [6.45, 7) is 8.66. The van der Waals surface area contributed by atoms with Gasteiger partial charge in [-0.1, -0.05) is 45.0 Å². The fourth-order valence-electron chi connectivity index (χ4n) is 6.76. The minimum atomic E-state index is -2.26. The largest absolute Gasteiger partial charge is 0.483 e. The number of thiophene rings is 1. The molecule has 1 fully saturated rings. The number of H-pyrrole nitrogens is 1. The highest BCUT2D eigenvalue weighted by Crippen LogP contribution is 2.38. The first-order valence-electron chi connectivity index (χ1n) is 16.6. The van der Waals surface area contributed by atoms with E-state index in [0.717, 1.165) is 51.9 Å². The molecule has 2 atom stereocenters. The van der Waals surface area contributed by atoms with E-state index in [0.29, 0.717) is 49.7 Å². The van der Waals surface area contributed by atoms with Crippen LogP contribution in [0.5, 0.6) is 0 Å². The van der Waals surface area contributed by atoms with Gasteiger partial charge >= 0.3 is 0 Å². The summed E-state index contributed by atoms with van der Waals surface area (Å²) >= 11 is 1.44. The fraction of sp³-hybridized carbons (Fsp3) is 0.459. The smallest absolute Gasteiger partial charge is 0.290 e. The van der Waals surface area contributed by atoms with Gasteiger partial charge in [0, 0.05) is 35.8 Å². The molecular weight excluding hydrogens is 634 g/mol. The topological polar surface area (TPSA) is 115 Å². The lowest BCUT2D eigenvalue weighted by atomic mass is 9.71. The van der Waals surface area contributed by atoms with Crippen LogP contribution in [0.1, 0.15) is 79.0 Å². The van der Waals surface area contributed by atoms with Crippen molar-refractivity contribution in [2.45, 2.75) is 71.8 Å². The van der Waals surface area contributed by atoms with Crippen molar-refractivity contribution in [3.63, 3.8) is 0 Å². The molecule has 8 nitrogen and oxygen atoms in total. The summed E-state index contributed by atoms with van der Waals surface area (Å²) in [5, 5.41) is 11.2. The van der Waals surface area contributed by atoms with E-state index in [1.807, 2.05) is 30.3 Å². The summed E-state index contributed by atoms with van der Waals surface area (Å²) in [6, 6.07) is 15.3. The van der Waals surface area contributed by atoms with Crippen molar-refractivity contribution in [1.82, 2.24) is 20.2 Å². The van der Waals surface area contributed by atoms with Crippen molar-refractivity contribution >= 4 is 33.9 Å². The second kappa shape index (κ2) is 15.5. The lowest BCUT2D eigenvalue weighted by molar-refractivity contribution is -0.122. The van der Waals surface area contributed by atoms with Gasteiger partial charge in [-0.25, -0.2) is 13.8 Å². The van der Waals surface area contributed by atoms with E-state index in [9.17, 15) is 18.4 Å². The molecule has 256 valence electrons. The summed E-state index contributed by atoms with van der Waals surface area (Å²) in [7, 11) is 0. The molecule has 4 heterocycles. The van der Waals surface area contributed by atoms with E-state index in [2.05, 4.69) is 42.0 Å². The fourth-order valence-corrected chi connectivity index (χ4v) is 7.70. The number of pyridine rings is 2. The van der Waals surface area contributed by atoms with Crippen LogP contribution in [0.25, 0.3) is 21.3 Å². The Balaban J connectivity index is 0.00000145. The number of carbonyl (C=O) groups is 2. The molecule has 1 saturated heterocycles. The molecule has 6 rings (SSSR count). The lowest BCUT2D eigenvalue weighted by Gasteiger charge is -2.34. The number of likely N-dealkylation sites (tertiary alicyclic amines) is 1. The molecule has 48 heavy (non-hydrogen) atoms. The molecule has 0 radical (unpaired) electrons. The Morgan fingerprint density at radius 3 is 2.42 bits per heavy atom. The van der Waals surface area contributed by atoms with Gasteiger partial charge in [0.15, 0.2) is 0 Å². The zero-order valence-electron chi connectivity index (χ0n) is 27.7. The van der Waals surface area contributed by atoms with Gasteiger partial charge in [-0.3, -0.25) is 14.4 Å². The van der Waals surface area contributed by atoms with Crippen LogP contribution >= 0.6 is 11.3 Å². The number of hydrogen-bond donors (Lipinski definition) is 3. The highest BCUT2D eigenvalue weighted by atomic mass is 32.1. The molecule has 11 heteroatoms. The highest BCUT2D eigenvalue weighted by Gasteiger charge is 2.30. The standard InChI is InChI=1S/C36H42F2N4O2S.CH2O2/c1-36(2,3)28-9-10-29-26(19-28)18-27-20-31(45-35(27)41-29)34(44)40-30(14-17-42-15-12-24(13-16-42)33(37)38)23-6-4-22(5-7-23)25-8-11-32(43)39-21-25;2-1-3/h4-8,11,18,20-21,24,28,30,33H,9-10,12-17,19H2,1-3H3,(H,39,43)(H,40,44);1H,(H,2,3)/t28-,30+;/m0./s1. The van der Waals surface area contributed by atoms with Gasteiger partial charge in [0.2, 0.25) is 12.0 Å². The molecule has 1 aliphatic carbocycles. The van der Waals surface area contributed by atoms with E-state index >= 15 is 0 Å². The lowest BCUT2D eigenvalue weighted by Crippen LogP contribution is -2.38. The summed E-state index contributed by atoms with van der Waals surface area (Å²) in [6.07, 6.45) is 4.21. The van der Waals surface area contributed by atoms with Gasteiger partial charge in [-0.2, -0.15) is 0 Å². The molecule has 0 bridgehead atoms. The number of fused-ring (bicyclic) bond motifs is 2. The van der Waals surface area contributed by atoms with Crippen LogP contribution in [-0.2, 0) is 17.6 Å². The number of aromatic amines is 1. The number of carbonyl (C=O) groups excluding carboxylic acids is 1. The maximum Gasteiger partial charge on any atom is 0.290 e. The summed E-state index contributed by atoms with van der Waals surface area (Å²) in [5.74, 6) is -0.0402. The molecule has 1 aliphatic heterocycles. The number of amides is 1. The van der Waals surface area contributed by atoms with Crippen LogP contribution < -0.4 is 10.9 Å². The van der Waals surface area contributed by atoms with Crippen LogP contribution in [0.2, 0.25) is 0 Å². The highest BCUT2D eigenvalue weighted by molar-refractivity contribution is 7.20. The van der Waals surface area contributed by atoms with Crippen molar-refractivity contribution in [1.29, 1.82) is 0 Å². The third kappa shape index (κ3) is 8.73. The normalized spacial score (nSPS) is 17.8. The average Bonchev–Trinajstić information content (AvgIpc) is 3.49. The van der Waals surface area contributed by atoms with Gasteiger partial charge in [0.1, 0.15) is 4.83 Å². The van der Waals surface area contributed by atoms with E-state index in [-0.39, 0.29) is 29.4 Å². The number of hydrogen-bond acceptors (Lipinski definition) is 6. The number of aromatic nitrogens is 2. The first-order chi connectivity index (χ1) is 22.9. The van der Waals surface area contributed by atoms with Crippen molar-refractivity contribution in [3.05, 3.63) is 86.8 Å². The number of nitrogens with zero attached hydrogens (tertiary/aromatic N) is 2. The van der Waals surface area contributed by atoms with Crippen molar-refractivity contribution in [3.8, 4) is 11.1 Å². The van der Waals surface area contributed by atoms with E-state index in [4.69, 9.17) is 14.9 Å². The Labute approximate surface area is 283 Å². The number of nitrogens with one attached hydrogen (secondary N) is 2. The third-order valence-electron chi connectivity index (χ3n) is 9.78. The molecule has 0 saturated carbocycles. The van der Waals surface area contributed by atoms with Crippen molar-refractivity contribution in [2.75, 3.05) is 19.6 Å². The van der Waals surface area contributed by atoms with Gasteiger partial charge < -0.3 is 20.3 Å². The van der Waals surface area contributed by atoms with Gasteiger partial charge in [-0.05, 0) is 103 Å². The molecule has 1 aromatic carbocycles. The molecule has 0 unspecified atom stereocenters. The summed E-state index contributed by atoms with van der Waals surface area (Å²) in [5.41, 5.74) is 5.39. The Bertz CT molecular complexity index is 1740. The van der Waals surface area contributed by atoms with E-state index in [1.54, 1.807) is 12.3 Å². The third-order valence-corrected chi connectivity index (χ3v) is 10.8. The quantitative estimate of drug-likeness (QED) is 0.168. The first kappa shape index (κ1) is 35.3. The second-order valence-electron chi connectivity index (χ2n) is 13.9. The average molecular weight is 679 g/mol. The number of rotatable bonds is 8. The predicted octanol–water partition coefficient (Wildman–Crippen LogP) is 7.34. The molecule has 2 aliphatic rings. The molecular formula is C37H44F2N4O4S. The van der Waals surface area contributed by atoms with E-state index < -0.39 is 12.3 Å². The minimum absolute atomic E-state index is 0.130. The molecule has 3 aromatic heterocycles. The maximum absolute atomic E-state index is 13.7. The minimum Gasteiger partial charge on any atom is -0.483 e. The predicted molar refractivity (Wildman–Crippen MR) is 186 cm³/mol. The first-order valence-corrected chi connectivity index (χ1v) is 17.4. The Morgan fingerprint density at radius 2 is 1.79 bits per heavy atom. The molecule has 0 spiro atoms. The van der Waals surface area contributed by atoms with Crippen LogP contribution in [0, 0.1) is 17.3 Å². The monoisotopic (exact) mass is 678 g/mol. The van der Waals surface area contributed by atoms with Gasteiger partial charge in [0.05, 0.1) is 10.9 Å². The van der Waals surface area contributed by atoms with Gasteiger partial charge in [-0.15, -0.1) is 11.3 Å². The van der Waals surface area contributed by atoms with Crippen LogP contribution in [0.3, 0.4) is 0 Å². The summed E-state index contributed by atoms with van der Waals surface area (Å²) < 4.78 is 26.4. The van der Waals surface area contributed by atoms with E-state index in [1.165, 1.54) is 23.0 Å². The van der Waals surface area contributed by atoms with Crippen LogP contribution in [-0.4, -0.2) is 58.4 Å². The number of alkyl halides is 2. The zero-order valence-corrected chi connectivity index (χ0v) is 28.5. The van der Waals surface area contributed by atoms with Crippen LogP contribution in [0.4, 0.5) is 8.78 Å². The number of carboxylic acid groups (broad SMARTS) is 1. The van der Waals surface area contributed by atoms with Gasteiger partial charge in [0.25, 0.3) is 12.4 Å². The zero-order chi connectivity index (χ0) is 34.4. The van der Waals surface area contributed by atoms with Crippen molar-refractivity contribution < 1.29 is 23.5 Å². The molecule has 1 amide bonds. The number of aryl methyl sites for hydroxylation is 1. The Kier molecular flexibility index (Phi) is 11.4. The molecule has 3 N–H and O–H groups in total. The van der Waals surface area contributed by atoms with Crippen LogP contribution in [0.15, 0.2) is 59.5 Å². The maximum atomic E-state index is 13.7. The number of piperidine rings is 1.